The molecule has 0 radical (unpaired) electrons. The maximum Gasteiger partial charge on any atom is 0.303 e. The van der Waals surface area contributed by atoms with E-state index >= 15 is 0 Å². The number of pyridine rings is 1. The second kappa shape index (κ2) is 6.35. The number of hydrogen-bond acceptors (Lipinski definition) is 4. The second-order valence-electron chi connectivity index (χ2n) is 6.00. The molecular formula is C17H19N3O4. The van der Waals surface area contributed by atoms with Gasteiger partial charge in [0.2, 0.25) is 5.43 Å². The first-order valence-corrected chi connectivity index (χ1v) is 7.92. The van der Waals surface area contributed by atoms with Crippen LogP contribution in [0.5, 0.6) is 0 Å². The lowest BCUT2D eigenvalue weighted by Crippen LogP contribution is -2.31. The summed E-state index contributed by atoms with van der Waals surface area (Å²) in [6, 6.07) is 5.56. The summed E-state index contributed by atoms with van der Waals surface area (Å²) in [5.41, 5.74) is 6.71. The van der Waals surface area contributed by atoms with Crippen LogP contribution in [0.2, 0.25) is 0 Å². The lowest BCUT2D eigenvalue weighted by atomic mass is 10.1. The maximum absolute atomic E-state index is 12.7. The van der Waals surface area contributed by atoms with Crippen LogP contribution in [0.1, 0.15) is 42.1 Å². The van der Waals surface area contributed by atoms with E-state index in [2.05, 4.69) is 5.32 Å². The number of carboxylic acid groups (broad SMARTS) is 1. The molecule has 1 aliphatic rings. The summed E-state index contributed by atoms with van der Waals surface area (Å²) in [6.45, 7) is 0.205. The first kappa shape index (κ1) is 16.0. The Balaban J connectivity index is 1.94. The van der Waals surface area contributed by atoms with Crippen molar-refractivity contribution in [2.75, 3.05) is 12.3 Å². The molecule has 24 heavy (non-hydrogen) atoms. The second-order valence-corrected chi connectivity index (χ2v) is 6.00. The number of carbonyl (C=O) groups excluding carboxylic acids is 1. The Morgan fingerprint density at radius 1 is 1.33 bits per heavy atom. The van der Waals surface area contributed by atoms with Gasteiger partial charge in [-0.3, -0.25) is 14.4 Å². The van der Waals surface area contributed by atoms with Crippen LogP contribution in [-0.2, 0) is 4.79 Å². The number of nitrogens with two attached hydrogens (primary N) is 1. The first-order chi connectivity index (χ1) is 11.5. The Hall–Kier alpha value is -2.83. The van der Waals surface area contributed by atoms with E-state index in [0.717, 1.165) is 18.4 Å². The Bertz CT molecular complexity index is 868. The largest absolute Gasteiger partial charge is 0.481 e. The molecule has 1 saturated carbocycles. The van der Waals surface area contributed by atoms with E-state index in [4.69, 9.17) is 10.8 Å². The minimum Gasteiger partial charge on any atom is -0.481 e. The molecule has 1 aromatic heterocycles. The summed E-state index contributed by atoms with van der Waals surface area (Å²) in [4.78, 5) is 35.5. The molecule has 2 aromatic rings. The highest BCUT2D eigenvalue weighted by Crippen LogP contribution is 2.37. The highest BCUT2D eigenvalue weighted by atomic mass is 16.4. The van der Waals surface area contributed by atoms with Gasteiger partial charge in [-0.1, -0.05) is 6.07 Å². The zero-order chi connectivity index (χ0) is 17.3. The summed E-state index contributed by atoms with van der Waals surface area (Å²) in [7, 11) is 0. The summed E-state index contributed by atoms with van der Waals surface area (Å²) in [5, 5.41) is 11.6. The molecule has 4 N–H and O–H groups in total. The third-order valence-electron chi connectivity index (χ3n) is 4.13. The van der Waals surface area contributed by atoms with Crippen LogP contribution in [-0.4, -0.2) is 28.1 Å². The summed E-state index contributed by atoms with van der Waals surface area (Å²) in [5.74, 6) is -1.41. The lowest BCUT2D eigenvalue weighted by molar-refractivity contribution is -0.137. The quantitative estimate of drug-likeness (QED) is 0.549. The molecule has 0 atom stereocenters. The van der Waals surface area contributed by atoms with Gasteiger partial charge in [-0.25, -0.2) is 0 Å². The number of aromatic nitrogens is 1. The standard InChI is InChI=1S/C17H19N3O4/c18-12-3-1-4-13-15(12)16(23)11(9-20(13)10-6-7-10)17(24)19-8-2-5-14(21)22/h1,3-4,9-10H,2,5-8,18H2,(H,19,24)(H,21,22). The monoisotopic (exact) mass is 329 g/mol. The number of amides is 1. The van der Waals surface area contributed by atoms with Crippen molar-refractivity contribution in [3.8, 4) is 0 Å². The van der Waals surface area contributed by atoms with Crippen LogP contribution >= 0.6 is 0 Å². The van der Waals surface area contributed by atoms with Gasteiger partial charge in [-0.15, -0.1) is 0 Å². The molecule has 126 valence electrons. The van der Waals surface area contributed by atoms with Gasteiger partial charge in [0.1, 0.15) is 5.56 Å². The Kier molecular flexibility index (Phi) is 4.24. The first-order valence-electron chi connectivity index (χ1n) is 7.92. The molecule has 7 heteroatoms. The minimum absolute atomic E-state index is 0.0305. The molecule has 3 rings (SSSR count). The van der Waals surface area contributed by atoms with Crippen molar-refractivity contribution < 1.29 is 14.7 Å². The fourth-order valence-electron chi connectivity index (χ4n) is 2.78. The summed E-state index contributed by atoms with van der Waals surface area (Å²) < 4.78 is 1.94. The van der Waals surface area contributed by atoms with Crippen molar-refractivity contribution in [3.05, 3.63) is 40.2 Å². The Labute approximate surface area is 138 Å². The van der Waals surface area contributed by atoms with Gasteiger partial charge in [0, 0.05) is 30.9 Å². The molecule has 0 spiro atoms. The Morgan fingerprint density at radius 2 is 2.08 bits per heavy atom. The third-order valence-corrected chi connectivity index (χ3v) is 4.13. The summed E-state index contributed by atoms with van der Waals surface area (Å²) in [6.07, 6.45) is 3.89. The number of fused-ring (bicyclic) bond motifs is 1. The molecule has 0 bridgehead atoms. The zero-order valence-corrected chi connectivity index (χ0v) is 13.1. The van der Waals surface area contributed by atoms with E-state index in [-0.39, 0.29) is 24.6 Å². The van der Waals surface area contributed by atoms with Gasteiger partial charge in [-0.2, -0.15) is 0 Å². The van der Waals surface area contributed by atoms with Crippen molar-refractivity contribution >= 4 is 28.5 Å². The zero-order valence-electron chi connectivity index (χ0n) is 13.1. The molecule has 1 aromatic carbocycles. The van der Waals surface area contributed by atoms with Gasteiger partial charge in [0.15, 0.2) is 0 Å². The summed E-state index contributed by atoms with van der Waals surface area (Å²) >= 11 is 0. The average Bonchev–Trinajstić information content (AvgIpc) is 3.36. The molecule has 1 aliphatic carbocycles. The van der Waals surface area contributed by atoms with Crippen molar-refractivity contribution in [1.29, 1.82) is 0 Å². The predicted octanol–water partition coefficient (Wildman–Crippen LogP) is 1.51. The van der Waals surface area contributed by atoms with Crippen molar-refractivity contribution in [3.63, 3.8) is 0 Å². The van der Waals surface area contributed by atoms with Crippen LogP contribution in [0, 0.1) is 0 Å². The van der Waals surface area contributed by atoms with Crippen LogP contribution in [0.15, 0.2) is 29.2 Å². The van der Waals surface area contributed by atoms with Crippen LogP contribution in [0.3, 0.4) is 0 Å². The smallest absolute Gasteiger partial charge is 0.303 e. The number of anilines is 1. The maximum atomic E-state index is 12.7. The van der Waals surface area contributed by atoms with Crippen LogP contribution in [0.4, 0.5) is 5.69 Å². The number of nitrogen functional groups attached to an aromatic ring is 1. The molecule has 0 aliphatic heterocycles. The molecule has 0 unspecified atom stereocenters. The number of nitrogens with zero attached hydrogens (tertiary/aromatic N) is 1. The fraction of sp³-hybridized carbons (Fsp3) is 0.353. The van der Waals surface area contributed by atoms with Gasteiger partial charge >= 0.3 is 5.97 Å². The minimum atomic E-state index is -0.918. The van der Waals surface area contributed by atoms with Crippen LogP contribution < -0.4 is 16.5 Å². The number of carbonyl (C=O) groups is 2. The van der Waals surface area contributed by atoms with Crippen molar-refractivity contribution in [1.82, 2.24) is 9.88 Å². The lowest BCUT2D eigenvalue weighted by Gasteiger charge is -2.14. The molecule has 7 nitrogen and oxygen atoms in total. The molecule has 1 heterocycles. The molecule has 1 fully saturated rings. The molecular weight excluding hydrogens is 310 g/mol. The number of aliphatic carboxylic acids is 1. The number of rotatable bonds is 6. The Morgan fingerprint density at radius 3 is 2.75 bits per heavy atom. The van der Waals surface area contributed by atoms with Gasteiger partial charge in [-0.05, 0) is 31.4 Å². The molecule has 1 amide bonds. The topological polar surface area (TPSA) is 114 Å². The normalized spacial score (nSPS) is 13.8. The highest BCUT2D eigenvalue weighted by molar-refractivity contribution is 6.00. The van der Waals surface area contributed by atoms with Gasteiger partial charge in [0.25, 0.3) is 5.91 Å². The molecule has 0 saturated heterocycles. The van der Waals surface area contributed by atoms with E-state index in [1.807, 2.05) is 10.6 Å². The van der Waals surface area contributed by atoms with Crippen molar-refractivity contribution in [2.24, 2.45) is 0 Å². The predicted molar refractivity (Wildman–Crippen MR) is 90.1 cm³/mol. The van der Waals surface area contributed by atoms with Gasteiger partial charge in [0.05, 0.1) is 10.9 Å². The third kappa shape index (κ3) is 3.10. The SMILES string of the molecule is Nc1cccc2c1c(=O)c(C(=O)NCCCC(=O)O)cn2C1CC1. The number of nitrogens with one attached hydrogen (secondary N) is 1. The van der Waals surface area contributed by atoms with Gasteiger partial charge < -0.3 is 20.7 Å². The van der Waals surface area contributed by atoms with Crippen LogP contribution in [0.25, 0.3) is 10.9 Å². The van der Waals surface area contributed by atoms with E-state index in [1.54, 1.807) is 18.3 Å². The number of carboxylic acids is 1. The van der Waals surface area contributed by atoms with E-state index < -0.39 is 17.3 Å². The fourth-order valence-corrected chi connectivity index (χ4v) is 2.78. The number of hydrogen-bond donors (Lipinski definition) is 3. The van der Waals surface area contributed by atoms with E-state index in [0.29, 0.717) is 17.5 Å². The van der Waals surface area contributed by atoms with E-state index in [9.17, 15) is 14.4 Å². The average molecular weight is 329 g/mol. The van der Waals surface area contributed by atoms with E-state index in [1.165, 1.54) is 0 Å². The number of benzene rings is 1. The van der Waals surface area contributed by atoms with Crippen molar-refractivity contribution in [2.45, 2.75) is 31.7 Å². The highest BCUT2D eigenvalue weighted by Gasteiger charge is 2.27.